The first-order chi connectivity index (χ1) is 9.47. The van der Waals surface area contributed by atoms with Crippen molar-refractivity contribution in [1.82, 2.24) is 5.32 Å². The average molecular weight is 276 g/mol. The summed E-state index contributed by atoms with van der Waals surface area (Å²) in [5.74, 6) is 0.677. The standard InChI is InChI=1S/C15H17FN2O2/c1-9-3-6-14(20-9)10(2)18-8-12-7-11(15(17)19)4-5-13(12)16/h3-7,10,18H,8H2,1-2H3,(H2,17,19). The zero-order valence-corrected chi connectivity index (χ0v) is 11.4. The number of nitrogens with one attached hydrogen (secondary N) is 1. The average Bonchev–Trinajstić information content (AvgIpc) is 2.84. The molecule has 1 unspecified atom stereocenters. The Morgan fingerprint density at radius 1 is 1.40 bits per heavy atom. The summed E-state index contributed by atoms with van der Waals surface area (Å²) < 4.78 is 19.2. The number of carbonyl (C=O) groups excluding carboxylic acids is 1. The number of primary amides is 1. The maximum Gasteiger partial charge on any atom is 0.248 e. The van der Waals surface area contributed by atoms with Gasteiger partial charge in [-0.2, -0.15) is 0 Å². The number of hydrogen-bond donors (Lipinski definition) is 2. The highest BCUT2D eigenvalue weighted by Gasteiger charge is 2.11. The molecule has 0 aliphatic heterocycles. The highest BCUT2D eigenvalue weighted by Crippen LogP contribution is 2.17. The van der Waals surface area contributed by atoms with Gasteiger partial charge in [-0.3, -0.25) is 4.79 Å². The molecule has 0 aliphatic rings. The summed E-state index contributed by atoms with van der Waals surface area (Å²) in [4.78, 5) is 11.1. The van der Waals surface area contributed by atoms with Gasteiger partial charge in [0.1, 0.15) is 17.3 Å². The number of aryl methyl sites for hydroxylation is 1. The molecule has 0 radical (unpaired) electrons. The number of furan rings is 1. The van der Waals surface area contributed by atoms with E-state index in [9.17, 15) is 9.18 Å². The molecule has 0 fully saturated rings. The lowest BCUT2D eigenvalue weighted by Gasteiger charge is -2.12. The normalized spacial score (nSPS) is 12.3. The van der Waals surface area contributed by atoms with Gasteiger partial charge in [0.25, 0.3) is 0 Å². The summed E-state index contributed by atoms with van der Waals surface area (Å²) in [5.41, 5.74) is 5.88. The summed E-state index contributed by atoms with van der Waals surface area (Å²) in [6, 6.07) is 7.79. The van der Waals surface area contributed by atoms with Crippen LogP contribution in [0.25, 0.3) is 0 Å². The van der Waals surface area contributed by atoms with Gasteiger partial charge in [0.05, 0.1) is 6.04 Å². The Morgan fingerprint density at radius 3 is 2.75 bits per heavy atom. The van der Waals surface area contributed by atoms with Gasteiger partial charge in [0.2, 0.25) is 5.91 Å². The number of hydrogen-bond acceptors (Lipinski definition) is 3. The fourth-order valence-corrected chi connectivity index (χ4v) is 1.91. The summed E-state index contributed by atoms with van der Waals surface area (Å²) in [6.07, 6.45) is 0. The van der Waals surface area contributed by atoms with Gasteiger partial charge in [0, 0.05) is 17.7 Å². The van der Waals surface area contributed by atoms with Crippen LogP contribution in [-0.4, -0.2) is 5.91 Å². The number of carbonyl (C=O) groups is 1. The molecule has 0 saturated carbocycles. The van der Waals surface area contributed by atoms with Crippen molar-refractivity contribution >= 4 is 5.91 Å². The molecular weight excluding hydrogens is 259 g/mol. The largest absolute Gasteiger partial charge is 0.465 e. The van der Waals surface area contributed by atoms with Gasteiger partial charge in [-0.15, -0.1) is 0 Å². The molecule has 1 amide bonds. The van der Waals surface area contributed by atoms with E-state index in [0.717, 1.165) is 11.5 Å². The van der Waals surface area contributed by atoms with E-state index in [4.69, 9.17) is 10.2 Å². The molecule has 5 heteroatoms. The zero-order chi connectivity index (χ0) is 14.7. The predicted molar refractivity (Wildman–Crippen MR) is 73.6 cm³/mol. The van der Waals surface area contributed by atoms with Crippen molar-refractivity contribution < 1.29 is 13.6 Å². The van der Waals surface area contributed by atoms with Crippen LogP contribution in [0.1, 0.15) is 40.4 Å². The molecule has 0 saturated heterocycles. The Balaban J connectivity index is 2.06. The Bertz CT molecular complexity index is 622. The number of nitrogens with two attached hydrogens (primary N) is 1. The van der Waals surface area contributed by atoms with Gasteiger partial charge >= 0.3 is 0 Å². The van der Waals surface area contributed by atoms with Crippen molar-refractivity contribution in [3.63, 3.8) is 0 Å². The van der Waals surface area contributed by atoms with E-state index in [-0.39, 0.29) is 18.4 Å². The Kier molecular flexibility index (Phi) is 4.20. The predicted octanol–water partition coefficient (Wildman–Crippen LogP) is 2.68. The van der Waals surface area contributed by atoms with E-state index < -0.39 is 5.91 Å². The van der Waals surface area contributed by atoms with Crippen molar-refractivity contribution in [3.05, 3.63) is 58.8 Å². The minimum Gasteiger partial charge on any atom is -0.465 e. The Morgan fingerprint density at radius 2 is 2.15 bits per heavy atom. The first-order valence-electron chi connectivity index (χ1n) is 6.35. The van der Waals surface area contributed by atoms with E-state index in [0.29, 0.717) is 11.1 Å². The Labute approximate surface area is 116 Å². The maximum absolute atomic E-state index is 13.7. The first-order valence-corrected chi connectivity index (χ1v) is 6.35. The summed E-state index contributed by atoms with van der Waals surface area (Å²) in [6.45, 7) is 4.08. The Hall–Kier alpha value is -2.14. The molecule has 0 spiro atoms. The number of benzene rings is 1. The van der Waals surface area contributed by atoms with Gasteiger partial charge in [0.15, 0.2) is 0 Å². The SMILES string of the molecule is Cc1ccc(C(C)NCc2cc(C(N)=O)ccc2F)o1. The first kappa shape index (κ1) is 14.3. The molecule has 1 aromatic heterocycles. The van der Waals surface area contributed by atoms with Crippen molar-refractivity contribution in [1.29, 1.82) is 0 Å². The molecule has 2 rings (SSSR count). The molecule has 1 aromatic carbocycles. The van der Waals surface area contributed by atoms with Crippen LogP contribution in [-0.2, 0) is 6.54 Å². The van der Waals surface area contributed by atoms with Crippen molar-refractivity contribution in [2.75, 3.05) is 0 Å². The van der Waals surface area contributed by atoms with Crippen molar-refractivity contribution in [3.8, 4) is 0 Å². The van der Waals surface area contributed by atoms with Crippen LogP contribution in [0.2, 0.25) is 0 Å². The third kappa shape index (κ3) is 3.24. The molecule has 1 heterocycles. The van der Waals surface area contributed by atoms with Crippen LogP contribution in [0.5, 0.6) is 0 Å². The molecule has 0 bridgehead atoms. The molecule has 106 valence electrons. The molecule has 1 atom stereocenters. The van der Waals surface area contributed by atoms with Crippen LogP contribution in [0.4, 0.5) is 4.39 Å². The second kappa shape index (κ2) is 5.88. The summed E-state index contributed by atoms with van der Waals surface area (Å²) in [5, 5.41) is 3.15. The maximum atomic E-state index is 13.7. The van der Waals surface area contributed by atoms with Crippen molar-refractivity contribution in [2.24, 2.45) is 5.73 Å². The van der Waals surface area contributed by atoms with Gasteiger partial charge in [-0.05, 0) is 44.2 Å². The highest BCUT2D eigenvalue weighted by atomic mass is 19.1. The fraction of sp³-hybridized carbons (Fsp3) is 0.267. The quantitative estimate of drug-likeness (QED) is 0.882. The number of rotatable bonds is 5. The number of halogens is 1. The minimum atomic E-state index is -0.569. The third-order valence-electron chi connectivity index (χ3n) is 3.12. The van der Waals surface area contributed by atoms with Crippen molar-refractivity contribution in [2.45, 2.75) is 26.4 Å². The lowest BCUT2D eigenvalue weighted by Crippen LogP contribution is -2.19. The minimum absolute atomic E-state index is 0.0552. The fourth-order valence-electron chi connectivity index (χ4n) is 1.91. The van der Waals surface area contributed by atoms with E-state index in [1.54, 1.807) is 0 Å². The lowest BCUT2D eigenvalue weighted by atomic mass is 10.1. The molecule has 4 nitrogen and oxygen atoms in total. The summed E-state index contributed by atoms with van der Waals surface area (Å²) >= 11 is 0. The van der Waals surface area contributed by atoms with E-state index >= 15 is 0 Å². The van der Waals surface area contributed by atoms with Crippen LogP contribution >= 0.6 is 0 Å². The van der Waals surface area contributed by atoms with Crippen LogP contribution < -0.4 is 11.1 Å². The molecule has 20 heavy (non-hydrogen) atoms. The third-order valence-corrected chi connectivity index (χ3v) is 3.12. The summed E-state index contributed by atoms with van der Waals surface area (Å²) in [7, 11) is 0. The monoisotopic (exact) mass is 276 g/mol. The molecular formula is C15H17FN2O2. The van der Waals surface area contributed by atoms with E-state index in [1.165, 1.54) is 18.2 Å². The van der Waals surface area contributed by atoms with Crippen LogP contribution in [0.15, 0.2) is 34.7 Å². The topological polar surface area (TPSA) is 68.3 Å². The second-order valence-electron chi connectivity index (χ2n) is 4.72. The molecule has 3 N–H and O–H groups in total. The molecule has 0 aliphatic carbocycles. The second-order valence-corrected chi connectivity index (χ2v) is 4.72. The van der Waals surface area contributed by atoms with E-state index in [1.807, 2.05) is 26.0 Å². The highest BCUT2D eigenvalue weighted by molar-refractivity contribution is 5.92. The van der Waals surface area contributed by atoms with Gasteiger partial charge in [-0.25, -0.2) is 4.39 Å². The van der Waals surface area contributed by atoms with Crippen LogP contribution in [0.3, 0.4) is 0 Å². The number of amides is 1. The zero-order valence-electron chi connectivity index (χ0n) is 11.4. The van der Waals surface area contributed by atoms with Crippen LogP contribution in [0, 0.1) is 12.7 Å². The van der Waals surface area contributed by atoms with Gasteiger partial charge < -0.3 is 15.5 Å². The van der Waals surface area contributed by atoms with Gasteiger partial charge in [-0.1, -0.05) is 0 Å². The molecule has 2 aromatic rings. The smallest absolute Gasteiger partial charge is 0.248 e. The lowest BCUT2D eigenvalue weighted by molar-refractivity contribution is 0.1000. The van der Waals surface area contributed by atoms with E-state index in [2.05, 4.69) is 5.32 Å².